The highest BCUT2D eigenvalue weighted by Gasteiger charge is 2.36. The lowest BCUT2D eigenvalue weighted by atomic mass is 10.1. The molecule has 2 aliphatic heterocycles. The van der Waals surface area contributed by atoms with Crippen LogP contribution in [0.1, 0.15) is 24.4 Å². The van der Waals surface area contributed by atoms with Crippen LogP contribution in [0.5, 0.6) is 11.5 Å². The third-order valence-electron chi connectivity index (χ3n) is 4.58. The molecule has 2 aromatic rings. The predicted octanol–water partition coefficient (Wildman–Crippen LogP) is 3.64. The van der Waals surface area contributed by atoms with Gasteiger partial charge in [0.1, 0.15) is 13.2 Å². The molecule has 0 aliphatic carbocycles. The molecular formula is C18H18ClNO4S. The van der Waals surface area contributed by atoms with Gasteiger partial charge in [0.05, 0.1) is 10.9 Å². The second kappa shape index (κ2) is 6.52. The van der Waals surface area contributed by atoms with E-state index in [0.29, 0.717) is 36.3 Å². The maximum Gasteiger partial charge on any atom is 0.243 e. The maximum absolute atomic E-state index is 13.2. The molecule has 2 heterocycles. The Morgan fingerprint density at radius 2 is 1.72 bits per heavy atom. The van der Waals surface area contributed by atoms with Crippen LogP contribution in [0.4, 0.5) is 0 Å². The summed E-state index contributed by atoms with van der Waals surface area (Å²) in [7, 11) is -3.61. The zero-order valence-electron chi connectivity index (χ0n) is 13.5. The third-order valence-corrected chi connectivity index (χ3v) is 6.73. The Bertz CT molecular complexity index is 882. The number of fused-ring (bicyclic) bond motifs is 1. The Kier molecular flexibility index (Phi) is 4.35. The molecule has 0 bridgehead atoms. The van der Waals surface area contributed by atoms with Gasteiger partial charge in [0, 0.05) is 17.6 Å². The summed E-state index contributed by atoms with van der Waals surface area (Å²) in [6, 6.07) is 12.0. The van der Waals surface area contributed by atoms with Gasteiger partial charge in [-0.2, -0.15) is 4.31 Å². The van der Waals surface area contributed by atoms with Gasteiger partial charge in [-0.1, -0.05) is 23.7 Å². The van der Waals surface area contributed by atoms with E-state index in [9.17, 15) is 8.42 Å². The number of hydrogen-bond acceptors (Lipinski definition) is 4. The molecule has 1 saturated heterocycles. The van der Waals surface area contributed by atoms with Crippen molar-refractivity contribution in [1.82, 2.24) is 4.31 Å². The van der Waals surface area contributed by atoms with E-state index >= 15 is 0 Å². The van der Waals surface area contributed by atoms with Gasteiger partial charge in [-0.3, -0.25) is 0 Å². The molecule has 0 N–H and O–H groups in total. The van der Waals surface area contributed by atoms with Crippen molar-refractivity contribution in [2.45, 2.75) is 23.8 Å². The van der Waals surface area contributed by atoms with Crippen LogP contribution >= 0.6 is 11.6 Å². The normalized spacial score (nSPS) is 20.6. The number of hydrogen-bond donors (Lipinski definition) is 0. The lowest BCUT2D eigenvalue weighted by Crippen LogP contribution is -2.30. The van der Waals surface area contributed by atoms with Crippen LogP contribution in [0.15, 0.2) is 47.4 Å². The first kappa shape index (κ1) is 16.7. The number of halogens is 1. The summed E-state index contributed by atoms with van der Waals surface area (Å²) in [6.07, 6.45) is 1.63. The highest BCUT2D eigenvalue weighted by Crippen LogP contribution is 2.39. The van der Waals surface area contributed by atoms with E-state index in [1.54, 1.807) is 34.6 Å². The third kappa shape index (κ3) is 3.10. The minimum absolute atomic E-state index is 0.171. The van der Waals surface area contributed by atoms with Gasteiger partial charge in [-0.25, -0.2) is 8.42 Å². The first-order valence-electron chi connectivity index (χ1n) is 8.23. The van der Waals surface area contributed by atoms with E-state index in [1.807, 2.05) is 12.1 Å². The van der Waals surface area contributed by atoms with Crippen molar-refractivity contribution >= 4 is 21.6 Å². The first-order valence-corrected chi connectivity index (χ1v) is 10.0. The van der Waals surface area contributed by atoms with E-state index in [4.69, 9.17) is 21.1 Å². The lowest BCUT2D eigenvalue weighted by molar-refractivity contribution is 0.171. The topological polar surface area (TPSA) is 55.8 Å². The number of rotatable bonds is 3. The van der Waals surface area contributed by atoms with E-state index in [0.717, 1.165) is 18.4 Å². The molecule has 7 heteroatoms. The molecule has 0 radical (unpaired) electrons. The summed E-state index contributed by atoms with van der Waals surface area (Å²) in [6.45, 7) is 1.40. The highest BCUT2D eigenvalue weighted by atomic mass is 35.5. The molecule has 132 valence electrons. The molecule has 0 amide bonds. The Morgan fingerprint density at radius 1 is 1.00 bits per heavy atom. The van der Waals surface area contributed by atoms with E-state index in [-0.39, 0.29) is 10.9 Å². The first-order chi connectivity index (χ1) is 12.1. The summed E-state index contributed by atoms with van der Waals surface area (Å²) in [5, 5.41) is 0.642. The Hall–Kier alpha value is -1.76. The predicted molar refractivity (Wildman–Crippen MR) is 94.8 cm³/mol. The molecule has 0 aromatic heterocycles. The van der Waals surface area contributed by atoms with Crippen LogP contribution in [0.3, 0.4) is 0 Å². The molecular weight excluding hydrogens is 362 g/mol. The highest BCUT2D eigenvalue weighted by molar-refractivity contribution is 7.89. The zero-order chi connectivity index (χ0) is 17.4. The second-order valence-corrected chi connectivity index (χ2v) is 8.46. The lowest BCUT2D eigenvalue weighted by Gasteiger charge is -2.25. The molecule has 0 saturated carbocycles. The Balaban J connectivity index is 1.68. The quantitative estimate of drug-likeness (QED) is 0.817. The zero-order valence-corrected chi connectivity index (χ0v) is 15.1. The SMILES string of the molecule is O=S(=O)(c1ccc2c(c1)OCCO2)N1CCCC1c1ccc(Cl)cc1. The molecule has 1 unspecified atom stereocenters. The fourth-order valence-electron chi connectivity index (χ4n) is 3.37. The Morgan fingerprint density at radius 3 is 2.48 bits per heavy atom. The average molecular weight is 380 g/mol. The largest absolute Gasteiger partial charge is 0.486 e. The van der Waals surface area contributed by atoms with Gasteiger partial charge in [0.25, 0.3) is 0 Å². The van der Waals surface area contributed by atoms with Crippen molar-refractivity contribution in [3.8, 4) is 11.5 Å². The molecule has 2 aliphatic rings. The fraction of sp³-hybridized carbons (Fsp3) is 0.333. The van der Waals surface area contributed by atoms with Gasteiger partial charge in [-0.15, -0.1) is 0 Å². The number of ether oxygens (including phenoxy) is 2. The summed E-state index contributed by atoms with van der Waals surface area (Å²) >= 11 is 5.95. The van der Waals surface area contributed by atoms with E-state index in [2.05, 4.69) is 0 Å². The molecule has 4 rings (SSSR count). The van der Waals surface area contributed by atoms with Gasteiger partial charge >= 0.3 is 0 Å². The van der Waals surface area contributed by atoms with Gasteiger partial charge < -0.3 is 9.47 Å². The van der Waals surface area contributed by atoms with Crippen molar-refractivity contribution in [1.29, 1.82) is 0 Å². The summed E-state index contributed by atoms with van der Waals surface area (Å²) < 4.78 is 38.9. The number of nitrogens with zero attached hydrogens (tertiary/aromatic N) is 1. The van der Waals surface area contributed by atoms with Crippen LogP contribution in [-0.2, 0) is 10.0 Å². The molecule has 5 nitrogen and oxygen atoms in total. The van der Waals surface area contributed by atoms with Crippen molar-refractivity contribution in [3.63, 3.8) is 0 Å². The molecule has 0 spiro atoms. The van der Waals surface area contributed by atoms with E-state index < -0.39 is 10.0 Å². The maximum atomic E-state index is 13.2. The van der Waals surface area contributed by atoms with Crippen molar-refractivity contribution in [3.05, 3.63) is 53.1 Å². The monoisotopic (exact) mass is 379 g/mol. The van der Waals surface area contributed by atoms with Crippen molar-refractivity contribution in [2.24, 2.45) is 0 Å². The summed E-state index contributed by atoms with van der Waals surface area (Å²) in [5.74, 6) is 1.07. The van der Waals surface area contributed by atoms with Gasteiger partial charge in [0.15, 0.2) is 11.5 Å². The summed E-state index contributed by atoms with van der Waals surface area (Å²) in [4.78, 5) is 0.234. The van der Waals surface area contributed by atoms with Crippen LogP contribution < -0.4 is 9.47 Å². The fourth-order valence-corrected chi connectivity index (χ4v) is 5.19. The van der Waals surface area contributed by atoms with Crippen molar-refractivity contribution < 1.29 is 17.9 Å². The summed E-state index contributed by atoms with van der Waals surface area (Å²) in [5.41, 5.74) is 0.961. The molecule has 2 aromatic carbocycles. The number of sulfonamides is 1. The van der Waals surface area contributed by atoms with E-state index in [1.165, 1.54) is 0 Å². The van der Waals surface area contributed by atoms with Crippen LogP contribution in [0.25, 0.3) is 0 Å². The molecule has 25 heavy (non-hydrogen) atoms. The van der Waals surface area contributed by atoms with Gasteiger partial charge in [0.2, 0.25) is 10.0 Å². The minimum Gasteiger partial charge on any atom is -0.486 e. The molecule has 1 fully saturated rings. The standard InChI is InChI=1S/C18H18ClNO4S/c19-14-5-3-13(4-6-14)16-2-1-9-20(16)25(21,22)15-7-8-17-18(12-15)24-11-10-23-17/h3-8,12,16H,1-2,9-11H2. The molecule has 1 atom stereocenters. The van der Waals surface area contributed by atoms with Crippen LogP contribution in [0, 0.1) is 0 Å². The van der Waals surface area contributed by atoms with Gasteiger partial charge in [-0.05, 0) is 42.7 Å². The average Bonchev–Trinajstić information content (AvgIpc) is 3.12. The minimum atomic E-state index is -3.61. The number of benzene rings is 2. The smallest absolute Gasteiger partial charge is 0.243 e. The van der Waals surface area contributed by atoms with Crippen molar-refractivity contribution in [2.75, 3.05) is 19.8 Å². The van der Waals surface area contributed by atoms with Crippen LogP contribution in [0.2, 0.25) is 5.02 Å². The second-order valence-electron chi connectivity index (χ2n) is 6.13. The Labute approximate surface area is 152 Å². The van der Waals surface area contributed by atoms with Crippen LogP contribution in [-0.4, -0.2) is 32.5 Å².